The van der Waals surface area contributed by atoms with Crippen LogP contribution >= 0.6 is 11.3 Å². The van der Waals surface area contributed by atoms with Crippen molar-refractivity contribution in [2.45, 2.75) is 52.4 Å². The van der Waals surface area contributed by atoms with Crippen LogP contribution in [0.4, 0.5) is 22.7 Å². The molecule has 0 saturated heterocycles. The van der Waals surface area contributed by atoms with Gasteiger partial charge in [-0.2, -0.15) is 0 Å². The number of thiophene rings is 1. The maximum atomic E-state index is 6.77. The molecule has 0 atom stereocenters. The van der Waals surface area contributed by atoms with Gasteiger partial charge >= 0.3 is 0 Å². The van der Waals surface area contributed by atoms with Gasteiger partial charge in [-0.25, -0.2) is 4.98 Å². The van der Waals surface area contributed by atoms with Crippen molar-refractivity contribution in [3.05, 3.63) is 181 Å². The third-order valence-electron chi connectivity index (χ3n) is 12.4. The van der Waals surface area contributed by atoms with Gasteiger partial charge in [-0.1, -0.05) is 126 Å². The lowest BCUT2D eigenvalue weighted by molar-refractivity contribution is 0.483. The summed E-state index contributed by atoms with van der Waals surface area (Å²) in [5.74, 6) is 2.45. The SMILES string of the molecule is CC(C)(C)c1ccnc(-n2c3ccccc3c3ccc(Oc4cccc(N5CN(c6cc(C(C)(C)C)ccc6-c6cccc7c6sc6ccccc67)c6ccccc65)c4)cc32)c1. The van der Waals surface area contributed by atoms with E-state index >= 15 is 0 Å². The summed E-state index contributed by atoms with van der Waals surface area (Å²) in [5.41, 5.74) is 11.8. The standard InChI is InChI=1S/C56H48N4OS/c1-55(2,3)36-25-27-43(45-19-14-20-46-44-18-8-12-24-52(44)62-54(45)46)50(31-36)59-35-58(48-22-10-11-23-49(48)59)38-15-13-16-39(33-38)61-40-26-28-42-41-17-7-9-21-47(41)60(51(42)34-40)53-32-37(29-30-57-53)56(4,5)6/h7-34H,35H2,1-6H3. The van der Waals surface area contributed by atoms with E-state index in [1.807, 2.05) is 23.6 Å². The average molecular weight is 825 g/mol. The highest BCUT2D eigenvalue weighted by Crippen LogP contribution is 2.50. The van der Waals surface area contributed by atoms with Crippen LogP contribution in [0.3, 0.4) is 0 Å². The molecule has 304 valence electrons. The largest absolute Gasteiger partial charge is 0.457 e. The molecular weight excluding hydrogens is 777 g/mol. The Morgan fingerprint density at radius 2 is 1.18 bits per heavy atom. The number of aromatic nitrogens is 2. The minimum atomic E-state index is -0.0220. The van der Waals surface area contributed by atoms with Crippen LogP contribution < -0.4 is 14.5 Å². The Bertz CT molecular complexity index is 3360. The molecule has 7 aromatic carbocycles. The molecule has 0 aliphatic carbocycles. The van der Waals surface area contributed by atoms with E-state index < -0.39 is 0 Å². The van der Waals surface area contributed by atoms with Gasteiger partial charge < -0.3 is 14.5 Å². The third-order valence-corrected chi connectivity index (χ3v) is 13.7. The van der Waals surface area contributed by atoms with E-state index in [4.69, 9.17) is 9.72 Å². The molecule has 0 spiro atoms. The van der Waals surface area contributed by atoms with Gasteiger partial charge in [0.2, 0.25) is 0 Å². The summed E-state index contributed by atoms with van der Waals surface area (Å²) in [6, 6.07) is 59.2. The van der Waals surface area contributed by atoms with Gasteiger partial charge in [-0.15, -0.1) is 11.3 Å². The van der Waals surface area contributed by atoms with E-state index in [1.165, 1.54) is 59.2 Å². The molecule has 0 radical (unpaired) electrons. The number of benzene rings is 7. The Balaban J connectivity index is 0.977. The zero-order chi connectivity index (χ0) is 42.3. The lowest BCUT2D eigenvalue weighted by Gasteiger charge is -2.28. The fourth-order valence-electron chi connectivity index (χ4n) is 9.17. The van der Waals surface area contributed by atoms with E-state index in [9.17, 15) is 0 Å². The van der Waals surface area contributed by atoms with Gasteiger partial charge in [0.15, 0.2) is 0 Å². The average Bonchev–Trinajstić information content (AvgIpc) is 3.96. The minimum absolute atomic E-state index is 0.00428. The molecule has 62 heavy (non-hydrogen) atoms. The summed E-state index contributed by atoms with van der Waals surface area (Å²) in [5, 5.41) is 4.97. The Kier molecular flexibility index (Phi) is 8.81. The lowest BCUT2D eigenvalue weighted by Crippen LogP contribution is -2.25. The number of hydrogen-bond acceptors (Lipinski definition) is 5. The molecule has 10 aromatic rings. The van der Waals surface area contributed by atoms with E-state index in [2.05, 4.69) is 214 Å². The topological polar surface area (TPSA) is 33.5 Å². The van der Waals surface area contributed by atoms with Gasteiger partial charge in [0.1, 0.15) is 24.0 Å². The maximum Gasteiger partial charge on any atom is 0.137 e. The second kappa shape index (κ2) is 14.4. The van der Waals surface area contributed by atoms with Crippen molar-refractivity contribution >= 4 is 76.1 Å². The highest BCUT2D eigenvalue weighted by atomic mass is 32.1. The number of fused-ring (bicyclic) bond motifs is 7. The molecule has 0 fully saturated rings. The van der Waals surface area contributed by atoms with Crippen LogP contribution in [0.25, 0.3) is 58.9 Å². The fourth-order valence-corrected chi connectivity index (χ4v) is 10.4. The van der Waals surface area contributed by atoms with Gasteiger partial charge in [0.05, 0.1) is 28.1 Å². The van der Waals surface area contributed by atoms with Crippen molar-refractivity contribution in [3.63, 3.8) is 0 Å². The number of para-hydroxylation sites is 3. The number of hydrogen-bond donors (Lipinski definition) is 0. The normalized spacial score (nSPS) is 13.2. The fraction of sp³-hybridized carbons (Fsp3) is 0.161. The minimum Gasteiger partial charge on any atom is -0.457 e. The van der Waals surface area contributed by atoms with Crippen molar-refractivity contribution in [2.24, 2.45) is 0 Å². The van der Waals surface area contributed by atoms with Crippen LogP contribution in [0.5, 0.6) is 11.5 Å². The van der Waals surface area contributed by atoms with Crippen LogP contribution in [-0.4, -0.2) is 16.2 Å². The molecule has 5 nitrogen and oxygen atoms in total. The highest BCUT2D eigenvalue weighted by Gasteiger charge is 2.31. The predicted molar refractivity (Wildman–Crippen MR) is 263 cm³/mol. The molecule has 3 aromatic heterocycles. The zero-order valence-corrected chi connectivity index (χ0v) is 36.8. The summed E-state index contributed by atoms with van der Waals surface area (Å²) in [4.78, 5) is 9.79. The molecule has 0 N–H and O–H groups in total. The second-order valence-corrected chi connectivity index (χ2v) is 19.6. The van der Waals surface area contributed by atoms with Crippen LogP contribution in [0.1, 0.15) is 52.7 Å². The summed E-state index contributed by atoms with van der Waals surface area (Å²) >= 11 is 1.88. The maximum absolute atomic E-state index is 6.77. The number of rotatable bonds is 6. The molecule has 6 heteroatoms. The van der Waals surface area contributed by atoms with Crippen molar-refractivity contribution in [3.8, 4) is 28.4 Å². The number of ether oxygens (including phenoxy) is 1. The van der Waals surface area contributed by atoms with E-state index in [-0.39, 0.29) is 10.8 Å². The summed E-state index contributed by atoms with van der Waals surface area (Å²) < 4.78 is 11.7. The Morgan fingerprint density at radius 3 is 2.00 bits per heavy atom. The predicted octanol–water partition coefficient (Wildman–Crippen LogP) is 15.8. The zero-order valence-electron chi connectivity index (χ0n) is 36.0. The van der Waals surface area contributed by atoms with Crippen LogP contribution in [-0.2, 0) is 10.8 Å². The number of anilines is 4. The van der Waals surface area contributed by atoms with Crippen molar-refractivity contribution in [1.82, 2.24) is 9.55 Å². The van der Waals surface area contributed by atoms with Gasteiger partial charge in [0.25, 0.3) is 0 Å². The van der Waals surface area contributed by atoms with Crippen LogP contribution in [0.15, 0.2) is 170 Å². The Labute approximate surface area is 367 Å². The molecule has 0 amide bonds. The van der Waals surface area contributed by atoms with Crippen molar-refractivity contribution in [1.29, 1.82) is 0 Å². The third kappa shape index (κ3) is 6.40. The highest BCUT2D eigenvalue weighted by molar-refractivity contribution is 7.26. The first-order valence-electron chi connectivity index (χ1n) is 21.5. The summed E-state index contributed by atoms with van der Waals surface area (Å²) in [6.07, 6.45) is 1.92. The molecule has 4 heterocycles. The van der Waals surface area contributed by atoms with Gasteiger partial charge in [0, 0.05) is 66.1 Å². The van der Waals surface area contributed by atoms with Crippen molar-refractivity contribution in [2.75, 3.05) is 16.5 Å². The number of pyridine rings is 1. The van der Waals surface area contributed by atoms with Crippen LogP contribution in [0.2, 0.25) is 0 Å². The Morgan fingerprint density at radius 1 is 0.500 bits per heavy atom. The van der Waals surface area contributed by atoms with Gasteiger partial charge in [-0.3, -0.25) is 4.57 Å². The molecule has 0 bridgehead atoms. The van der Waals surface area contributed by atoms with Gasteiger partial charge in [-0.05, 0) is 88.7 Å². The molecule has 1 aliphatic heterocycles. The van der Waals surface area contributed by atoms with E-state index in [0.29, 0.717) is 6.67 Å². The first-order valence-corrected chi connectivity index (χ1v) is 22.3. The molecule has 11 rings (SSSR count). The molecule has 0 saturated carbocycles. The second-order valence-electron chi connectivity index (χ2n) is 18.5. The first kappa shape index (κ1) is 38.1. The summed E-state index contributed by atoms with van der Waals surface area (Å²) in [6.45, 7) is 14.3. The monoisotopic (exact) mass is 824 g/mol. The van der Waals surface area contributed by atoms with Crippen molar-refractivity contribution < 1.29 is 4.74 Å². The summed E-state index contributed by atoms with van der Waals surface area (Å²) in [7, 11) is 0. The molecule has 0 unspecified atom stereocenters. The quantitative estimate of drug-likeness (QED) is 0.167. The smallest absolute Gasteiger partial charge is 0.137 e. The molecule has 1 aliphatic rings. The van der Waals surface area contributed by atoms with E-state index in [0.717, 1.165) is 45.1 Å². The van der Waals surface area contributed by atoms with E-state index in [1.54, 1.807) is 0 Å². The van der Waals surface area contributed by atoms with Crippen LogP contribution in [0, 0.1) is 0 Å². The molecular formula is C56H48N4OS. The Hall–Kier alpha value is -6.89. The number of nitrogens with zero attached hydrogens (tertiary/aromatic N) is 4. The first-order chi connectivity index (χ1) is 30.0. The lowest BCUT2D eigenvalue weighted by atomic mass is 9.85.